The van der Waals surface area contributed by atoms with E-state index in [1.807, 2.05) is 23.6 Å². The number of rotatable bonds is 4. The Balaban J connectivity index is 1.39. The second-order valence-corrected chi connectivity index (χ2v) is 7.36. The van der Waals surface area contributed by atoms with Crippen LogP contribution in [0.5, 0.6) is 0 Å². The Bertz CT molecular complexity index is 698. The van der Waals surface area contributed by atoms with E-state index in [0.717, 1.165) is 51.3 Å². The first kappa shape index (κ1) is 15.7. The fourth-order valence-corrected chi connectivity index (χ4v) is 4.25. The standard InChI is InChI=1S/C18H22N4OS/c23-17(16-12-21-7-4-8-22(16)10-9-21)20-18-19-15(13-24-18)11-14-5-2-1-3-6-14/h1-3,5-6,13,16H,4,7-12H2,(H,19,20,23)/t16-/m1/s1. The summed E-state index contributed by atoms with van der Waals surface area (Å²) in [6, 6.07) is 10.2. The molecule has 0 aliphatic carbocycles. The number of carbonyl (C=O) groups excluding carboxylic acids is 1. The van der Waals surface area contributed by atoms with Crippen molar-refractivity contribution in [3.63, 3.8) is 0 Å². The summed E-state index contributed by atoms with van der Waals surface area (Å²) < 4.78 is 0. The minimum atomic E-state index is -0.0391. The van der Waals surface area contributed by atoms with Gasteiger partial charge >= 0.3 is 0 Å². The average Bonchev–Trinajstić information content (AvgIpc) is 2.82. The SMILES string of the molecule is O=C(Nc1nc(Cc2ccccc2)cs1)[C@H]1CN2CCCN1CC2. The van der Waals surface area contributed by atoms with E-state index in [1.54, 1.807) is 0 Å². The first-order valence-electron chi connectivity index (χ1n) is 8.53. The Morgan fingerprint density at radius 1 is 1.21 bits per heavy atom. The van der Waals surface area contributed by atoms with Crippen LogP contribution < -0.4 is 5.32 Å². The van der Waals surface area contributed by atoms with Crippen LogP contribution in [0.1, 0.15) is 17.7 Å². The molecule has 4 heterocycles. The highest BCUT2D eigenvalue weighted by molar-refractivity contribution is 7.13. The van der Waals surface area contributed by atoms with Gasteiger partial charge in [0, 0.05) is 38.0 Å². The van der Waals surface area contributed by atoms with Crippen LogP contribution in [0.15, 0.2) is 35.7 Å². The quantitative estimate of drug-likeness (QED) is 0.924. The third-order valence-electron chi connectivity index (χ3n) is 4.81. The molecule has 3 atom stereocenters. The van der Waals surface area contributed by atoms with Gasteiger partial charge in [0.25, 0.3) is 0 Å². The lowest BCUT2D eigenvalue weighted by Gasteiger charge is -2.36. The number of benzene rings is 1. The van der Waals surface area contributed by atoms with Crippen molar-refractivity contribution in [1.29, 1.82) is 0 Å². The minimum Gasteiger partial charge on any atom is -0.301 e. The predicted molar refractivity (Wildman–Crippen MR) is 96.4 cm³/mol. The smallest absolute Gasteiger partial charge is 0.244 e. The normalized spacial score (nSPS) is 26.1. The summed E-state index contributed by atoms with van der Waals surface area (Å²) in [5, 5.41) is 5.77. The van der Waals surface area contributed by atoms with Crippen molar-refractivity contribution in [1.82, 2.24) is 14.8 Å². The van der Waals surface area contributed by atoms with E-state index in [-0.39, 0.29) is 11.9 Å². The van der Waals surface area contributed by atoms with Gasteiger partial charge in [0.2, 0.25) is 5.91 Å². The van der Waals surface area contributed by atoms with Gasteiger partial charge in [-0.05, 0) is 18.5 Å². The molecule has 24 heavy (non-hydrogen) atoms. The predicted octanol–water partition coefficient (Wildman–Crippen LogP) is 2.06. The molecule has 2 aromatic rings. The molecular formula is C18H22N4OS. The van der Waals surface area contributed by atoms with E-state index in [1.165, 1.54) is 16.9 Å². The van der Waals surface area contributed by atoms with E-state index in [0.29, 0.717) is 5.13 Å². The molecule has 1 aromatic carbocycles. The number of hydrogen-bond acceptors (Lipinski definition) is 5. The van der Waals surface area contributed by atoms with Crippen LogP contribution in [-0.4, -0.2) is 59.5 Å². The molecule has 1 aromatic heterocycles. The van der Waals surface area contributed by atoms with Gasteiger partial charge in [0.15, 0.2) is 5.13 Å². The second kappa shape index (κ2) is 7.01. The van der Waals surface area contributed by atoms with Crippen LogP contribution in [0.4, 0.5) is 5.13 Å². The number of amides is 1. The van der Waals surface area contributed by atoms with Crippen LogP contribution in [0.25, 0.3) is 0 Å². The number of nitrogens with zero attached hydrogens (tertiary/aromatic N) is 3. The maximum absolute atomic E-state index is 12.7. The highest BCUT2D eigenvalue weighted by Crippen LogP contribution is 2.21. The summed E-state index contributed by atoms with van der Waals surface area (Å²) in [4.78, 5) is 22.0. The van der Waals surface area contributed by atoms with Crippen molar-refractivity contribution in [3.05, 3.63) is 47.0 Å². The number of thiazole rings is 1. The number of fused-ring (bicyclic) bond motifs is 4. The van der Waals surface area contributed by atoms with E-state index in [2.05, 4.69) is 32.2 Å². The van der Waals surface area contributed by atoms with E-state index >= 15 is 0 Å². The van der Waals surface area contributed by atoms with Crippen LogP contribution in [0, 0.1) is 0 Å². The van der Waals surface area contributed by atoms with Crippen LogP contribution in [0.3, 0.4) is 0 Å². The molecule has 0 radical (unpaired) electrons. The van der Waals surface area contributed by atoms with Crippen molar-refractivity contribution in [2.75, 3.05) is 38.0 Å². The molecule has 3 fully saturated rings. The highest BCUT2D eigenvalue weighted by Gasteiger charge is 2.34. The molecule has 2 bridgehead atoms. The topological polar surface area (TPSA) is 48.5 Å². The molecule has 0 spiro atoms. The molecule has 2 unspecified atom stereocenters. The van der Waals surface area contributed by atoms with Gasteiger partial charge in [-0.3, -0.25) is 14.6 Å². The molecule has 0 saturated carbocycles. The summed E-state index contributed by atoms with van der Waals surface area (Å²) in [5.41, 5.74) is 2.24. The number of hydrogen-bond donors (Lipinski definition) is 1. The zero-order chi connectivity index (χ0) is 16.4. The molecule has 5 rings (SSSR count). The Morgan fingerprint density at radius 2 is 2.08 bits per heavy atom. The number of carbonyl (C=O) groups is 1. The van der Waals surface area contributed by atoms with E-state index in [9.17, 15) is 4.79 Å². The minimum absolute atomic E-state index is 0.0391. The lowest BCUT2D eigenvalue weighted by atomic mass is 10.1. The summed E-state index contributed by atoms with van der Waals surface area (Å²) in [7, 11) is 0. The van der Waals surface area contributed by atoms with Crippen molar-refractivity contribution >= 4 is 22.4 Å². The number of nitrogens with one attached hydrogen (secondary N) is 1. The highest BCUT2D eigenvalue weighted by atomic mass is 32.1. The third-order valence-corrected chi connectivity index (χ3v) is 5.61. The maximum Gasteiger partial charge on any atom is 0.244 e. The molecule has 3 saturated heterocycles. The lowest BCUT2D eigenvalue weighted by Crippen LogP contribution is -2.55. The Hall–Kier alpha value is -1.76. The van der Waals surface area contributed by atoms with Crippen LogP contribution >= 0.6 is 11.3 Å². The first-order valence-corrected chi connectivity index (χ1v) is 9.41. The number of aromatic nitrogens is 1. The van der Waals surface area contributed by atoms with Crippen molar-refractivity contribution < 1.29 is 4.79 Å². The van der Waals surface area contributed by atoms with Gasteiger partial charge in [-0.1, -0.05) is 30.3 Å². The summed E-state index contributed by atoms with van der Waals surface area (Å²) >= 11 is 1.51. The summed E-state index contributed by atoms with van der Waals surface area (Å²) in [6.07, 6.45) is 1.96. The van der Waals surface area contributed by atoms with Gasteiger partial charge in [-0.2, -0.15) is 0 Å². The maximum atomic E-state index is 12.7. The zero-order valence-corrected chi connectivity index (χ0v) is 14.5. The van der Waals surface area contributed by atoms with Gasteiger partial charge in [0.05, 0.1) is 5.69 Å². The zero-order valence-electron chi connectivity index (χ0n) is 13.6. The van der Waals surface area contributed by atoms with E-state index in [4.69, 9.17) is 0 Å². The third kappa shape index (κ3) is 3.50. The average molecular weight is 342 g/mol. The Kier molecular flexibility index (Phi) is 4.60. The lowest BCUT2D eigenvalue weighted by molar-refractivity contribution is -0.122. The van der Waals surface area contributed by atoms with Gasteiger partial charge in [-0.15, -0.1) is 11.3 Å². The molecule has 5 nitrogen and oxygen atoms in total. The Labute approximate surface area is 146 Å². The molecule has 1 amide bonds. The fourth-order valence-electron chi connectivity index (χ4n) is 3.53. The molecular weight excluding hydrogens is 320 g/mol. The molecule has 3 aliphatic rings. The number of piperazine rings is 1. The Morgan fingerprint density at radius 3 is 2.96 bits per heavy atom. The number of anilines is 1. The van der Waals surface area contributed by atoms with Crippen molar-refractivity contribution in [2.24, 2.45) is 0 Å². The van der Waals surface area contributed by atoms with E-state index < -0.39 is 0 Å². The monoisotopic (exact) mass is 342 g/mol. The molecule has 3 aliphatic heterocycles. The van der Waals surface area contributed by atoms with Gasteiger partial charge < -0.3 is 5.32 Å². The molecule has 6 heteroatoms. The molecule has 126 valence electrons. The first-order chi connectivity index (χ1) is 11.8. The van der Waals surface area contributed by atoms with Crippen molar-refractivity contribution in [3.8, 4) is 0 Å². The van der Waals surface area contributed by atoms with Crippen LogP contribution in [-0.2, 0) is 11.2 Å². The fraction of sp³-hybridized carbons (Fsp3) is 0.444. The van der Waals surface area contributed by atoms with Gasteiger partial charge in [-0.25, -0.2) is 4.98 Å². The molecule has 1 N–H and O–H groups in total. The van der Waals surface area contributed by atoms with Crippen molar-refractivity contribution in [2.45, 2.75) is 18.9 Å². The summed E-state index contributed by atoms with van der Waals surface area (Å²) in [6.45, 7) is 5.05. The van der Waals surface area contributed by atoms with Gasteiger partial charge in [0.1, 0.15) is 6.04 Å². The second-order valence-electron chi connectivity index (χ2n) is 6.50. The summed E-state index contributed by atoms with van der Waals surface area (Å²) in [5.74, 6) is 0.0854. The largest absolute Gasteiger partial charge is 0.301 e. The van der Waals surface area contributed by atoms with Crippen LogP contribution in [0.2, 0.25) is 0 Å².